The molecule has 0 aliphatic heterocycles. The predicted octanol–water partition coefficient (Wildman–Crippen LogP) is 2.26. The zero-order valence-corrected chi connectivity index (χ0v) is 11.6. The molecule has 0 saturated heterocycles. The molecule has 0 aliphatic rings. The monoisotopic (exact) mass is 271 g/mol. The number of methoxy groups -OCH3 is 1. The van der Waals surface area contributed by atoms with E-state index < -0.39 is 5.60 Å². The standard InChI is InChI=1S/C13H18ClNO3/c1-13(2,12(16)15-8-9-17-3)18-11-6-4-10(14)5-7-11/h4-7H,8-9H2,1-3H3,(H,15,16). The summed E-state index contributed by atoms with van der Waals surface area (Å²) in [5.74, 6) is 0.417. The van der Waals surface area contributed by atoms with Gasteiger partial charge in [-0.2, -0.15) is 0 Å². The molecule has 5 heteroatoms. The minimum absolute atomic E-state index is 0.186. The van der Waals surface area contributed by atoms with Crippen LogP contribution in [0.4, 0.5) is 0 Å². The Bertz CT molecular complexity index is 390. The van der Waals surface area contributed by atoms with Crippen LogP contribution < -0.4 is 10.1 Å². The number of benzene rings is 1. The zero-order valence-electron chi connectivity index (χ0n) is 10.8. The van der Waals surface area contributed by atoms with Crippen LogP contribution in [-0.4, -0.2) is 31.8 Å². The second-order valence-corrected chi connectivity index (χ2v) is 4.75. The summed E-state index contributed by atoms with van der Waals surface area (Å²) in [5, 5.41) is 3.37. The highest BCUT2D eigenvalue weighted by Gasteiger charge is 2.29. The largest absolute Gasteiger partial charge is 0.478 e. The number of nitrogens with one attached hydrogen (secondary N) is 1. The molecule has 1 amide bonds. The van der Waals surface area contributed by atoms with Gasteiger partial charge < -0.3 is 14.8 Å². The maximum Gasteiger partial charge on any atom is 0.263 e. The van der Waals surface area contributed by atoms with Gasteiger partial charge in [-0.15, -0.1) is 0 Å². The van der Waals surface area contributed by atoms with Crippen LogP contribution in [0.15, 0.2) is 24.3 Å². The zero-order chi connectivity index (χ0) is 13.6. The molecule has 1 rings (SSSR count). The number of amides is 1. The third-order valence-electron chi connectivity index (χ3n) is 2.33. The topological polar surface area (TPSA) is 47.6 Å². The molecule has 0 radical (unpaired) electrons. The third-order valence-corrected chi connectivity index (χ3v) is 2.58. The Morgan fingerprint density at radius 1 is 1.33 bits per heavy atom. The highest BCUT2D eigenvalue weighted by atomic mass is 35.5. The first-order valence-corrected chi connectivity index (χ1v) is 6.05. The maximum atomic E-state index is 11.9. The molecule has 0 spiro atoms. The van der Waals surface area contributed by atoms with Crippen molar-refractivity contribution in [3.05, 3.63) is 29.3 Å². The van der Waals surface area contributed by atoms with Gasteiger partial charge >= 0.3 is 0 Å². The first kappa shape index (κ1) is 14.8. The molecule has 18 heavy (non-hydrogen) atoms. The molecule has 1 aromatic carbocycles. The molecule has 4 nitrogen and oxygen atoms in total. The second-order valence-electron chi connectivity index (χ2n) is 4.31. The lowest BCUT2D eigenvalue weighted by Gasteiger charge is -2.25. The molecule has 0 aromatic heterocycles. The van der Waals surface area contributed by atoms with Crippen LogP contribution in [0.25, 0.3) is 0 Å². The van der Waals surface area contributed by atoms with E-state index in [1.54, 1.807) is 45.2 Å². The Hall–Kier alpha value is -1.26. The van der Waals surface area contributed by atoms with Crippen LogP contribution in [0.1, 0.15) is 13.8 Å². The molecular weight excluding hydrogens is 254 g/mol. The van der Waals surface area contributed by atoms with Crippen molar-refractivity contribution in [3.63, 3.8) is 0 Å². The van der Waals surface area contributed by atoms with Crippen LogP contribution >= 0.6 is 11.6 Å². The van der Waals surface area contributed by atoms with Gasteiger partial charge in [0.05, 0.1) is 6.61 Å². The van der Waals surface area contributed by atoms with Crippen molar-refractivity contribution in [2.45, 2.75) is 19.4 Å². The highest BCUT2D eigenvalue weighted by molar-refractivity contribution is 6.30. The molecule has 0 bridgehead atoms. The first-order valence-electron chi connectivity index (χ1n) is 5.67. The van der Waals surface area contributed by atoms with Gasteiger partial charge in [0.25, 0.3) is 5.91 Å². The number of hydrogen-bond donors (Lipinski definition) is 1. The summed E-state index contributed by atoms with van der Waals surface area (Å²) in [5.41, 5.74) is -0.943. The van der Waals surface area contributed by atoms with Gasteiger partial charge in [-0.25, -0.2) is 0 Å². The molecule has 100 valence electrons. The smallest absolute Gasteiger partial charge is 0.263 e. The van der Waals surface area contributed by atoms with E-state index in [0.717, 1.165) is 0 Å². The van der Waals surface area contributed by atoms with E-state index in [1.807, 2.05) is 0 Å². The van der Waals surface area contributed by atoms with Gasteiger partial charge in [-0.05, 0) is 38.1 Å². The van der Waals surface area contributed by atoms with Crippen LogP contribution in [0, 0.1) is 0 Å². The van der Waals surface area contributed by atoms with Crippen molar-refractivity contribution in [3.8, 4) is 5.75 Å². The van der Waals surface area contributed by atoms with Gasteiger partial charge in [-0.3, -0.25) is 4.79 Å². The van der Waals surface area contributed by atoms with E-state index in [-0.39, 0.29) is 5.91 Å². The fourth-order valence-corrected chi connectivity index (χ4v) is 1.45. The van der Waals surface area contributed by atoms with E-state index in [2.05, 4.69) is 5.32 Å². The number of rotatable bonds is 6. The van der Waals surface area contributed by atoms with Gasteiger partial charge in [0.15, 0.2) is 5.60 Å². The summed E-state index contributed by atoms with van der Waals surface area (Å²) < 4.78 is 10.5. The lowest BCUT2D eigenvalue weighted by molar-refractivity contribution is -0.134. The minimum Gasteiger partial charge on any atom is -0.478 e. The van der Waals surface area contributed by atoms with E-state index in [1.165, 1.54) is 0 Å². The van der Waals surface area contributed by atoms with Crippen molar-refractivity contribution in [1.29, 1.82) is 0 Å². The molecule has 0 heterocycles. The van der Waals surface area contributed by atoms with Crippen molar-refractivity contribution in [2.75, 3.05) is 20.3 Å². The first-order chi connectivity index (χ1) is 8.45. The van der Waals surface area contributed by atoms with Crippen LogP contribution in [0.5, 0.6) is 5.75 Å². The summed E-state index contributed by atoms with van der Waals surface area (Å²) in [6, 6.07) is 6.89. The Labute approximate surface area is 112 Å². The van der Waals surface area contributed by atoms with Crippen molar-refractivity contribution in [1.82, 2.24) is 5.32 Å². The molecule has 0 fully saturated rings. The maximum absolute atomic E-state index is 11.9. The van der Waals surface area contributed by atoms with Crippen molar-refractivity contribution in [2.24, 2.45) is 0 Å². The van der Waals surface area contributed by atoms with Crippen molar-refractivity contribution < 1.29 is 14.3 Å². The molecule has 0 unspecified atom stereocenters. The minimum atomic E-state index is -0.943. The Morgan fingerprint density at radius 2 is 1.94 bits per heavy atom. The number of carbonyl (C=O) groups is 1. The lowest BCUT2D eigenvalue weighted by atomic mass is 10.1. The number of carbonyl (C=O) groups excluding carboxylic acids is 1. The fraction of sp³-hybridized carbons (Fsp3) is 0.462. The highest BCUT2D eigenvalue weighted by Crippen LogP contribution is 2.20. The van der Waals surface area contributed by atoms with Crippen LogP contribution in [-0.2, 0) is 9.53 Å². The average Bonchev–Trinajstić information content (AvgIpc) is 2.32. The summed E-state index contributed by atoms with van der Waals surface area (Å²) >= 11 is 5.78. The molecular formula is C13H18ClNO3. The molecule has 0 aliphatic carbocycles. The SMILES string of the molecule is COCCNC(=O)C(C)(C)Oc1ccc(Cl)cc1. The van der Waals surface area contributed by atoms with E-state index in [0.29, 0.717) is 23.9 Å². The van der Waals surface area contributed by atoms with E-state index in [9.17, 15) is 4.79 Å². The molecule has 1 N–H and O–H groups in total. The lowest BCUT2D eigenvalue weighted by Crippen LogP contribution is -2.47. The summed E-state index contributed by atoms with van der Waals surface area (Å²) in [6.45, 7) is 4.36. The summed E-state index contributed by atoms with van der Waals surface area (Å²) in [7, 11) is 1.58. The van der Waals surface area contributed by atoms with Crippen LogP contribution in [0.2, 0.25) is 5.02 Å². The third kappa shape index (κ3) is 4.55. The van der Waals surface area contributed by atoms with Gasteiger partial charge in [0.1, 0.15) is 5.75 Å². The average molecular weight is 272 g/mol. The van der Waals surface area contributed by atoms with E-state index >= 15 is 0 Å². The molecule has 0 saturated carbocycles. The Kier molecular flexibility index (Phi) is 5.44. The molecule has 0 atom stereocenters. The second kappa shape index (κ2) is 6.61. The fourth-order valence-electron chi connectivity index (χ4n) is 1.32. The van der Waals surface area contributed by atoms with E-state index in [4.69, 9.17) is 21.1 Å². The molecule has 1 aromatic rings. The number of halogens is 1. The normalized spacial score (nSPS) is 11.1. The summed E-state index contributed by atoms with van der Waals surface area (Å²) in [6.07, 6.45) is 0. The Balaban J connectivity index is 2.57. The van der Waals surface area contributed by atoms with Crippen molar-refractivity contribution >= 4 is 17.5 Å². The van der Waals surface area contributed by atoms with Gasteiger partial charge in [0.2, 0.25) is 0 Å². The summed E-state index contributed by atoms with van der Waals surface area (Å²) in [4.78, 5) is 11.9. The predicted molar refractivity (Wildman–Crippen MR) is 71.0 cm³/mol. The quantitative estimate of drug-likeness (QED) is 0.808. The van der Waals surface area contributed by atoms with Gasteiger partial charge in [-0.1, -0.05) is 11.6 Å². The van der Waals surface area contributed by atoms with Crippen LogP contribution in [0.3, 0.4) is 0 Å². The number of ether oxygens (including phenoxy) is 2. The Morgan fingerprint density at radius 3 is 2.50 bits per heavy atom. The van der Waals surface area contributed by atoms with Gasteiger partial charge in [0, 0.05) is 18.7 Å². The number of hydrogen-bond acceptors (Lipinski definition) is 3.